The highest BCUT2D eigenvalue weighted by molar-refractivity contribution is 5.96. The van der Waals surface area contributed by atoms with Crippen molar-refractivity contribution in [2.75, 3.05) is 5.32 Å². The van der Waals surface area contributed by atoms with E-state index in [1.165, 1.54) is 24.3 Å². The van der Waals surface area contributed by atoms with Crippen molar-refractivity contribution in [1.82, 2.24) is 0 Å². The van der Waals surface area contributed by atoms with Crippen LogP contribution in [-0.4, -0.2) is 18.0 Å². The molecule has 0 spiro atoms. The summed E-state index contributed by atoms with van der Waals surface area (Å²) in [6, 6.07) is 22.8. The lowest BCUT2D eigenvalue weighted by Crippen LogP contribution is -2.32. The second kappa shape index (κ2) is 9.50. The first kappa shape index (κ1) is 20.1. The average Bonchev–Trinajstić information content (AvgIpc) is 2.74. The molecule has 3 aromatic carbocycles. The SMILES string of the molecule is C[C@@H](Oc1ccccc1)C(=O)O[C@H](C(=O)Nc1ccc(F)cc1)c1ccccc1. The maximum atomic E-state index is 13.1. The Morgan fingerprint density at radius 3 is 2.07 bits per heavy atom. The normalized spacial score (nSPS) is 12.5. The molecular weight excluding hydrogens is 373 g/mol. The molecule has 0 bridgehead atoms. The van der Waals surface area contributed by atoms with Gasteiger partial charge in [0, 0.05) is 11.3 Å². The molecule has 0 heterocycles. The molecular formula is C23H20FNO4. The van der Waals surface area contributed by atoms with Crippen LogP contribution in [0.5, 0.6) is 5.75 Å². The Labute approximate surface area is 168 Å². The molecule has 0 saturated carbocycles. The van der Waals surface area contributed by atoms with Crippen molar-refractivity contribution in [3.8, 4) is 5.75 Å². The van der Waals surface area contributed by atoms with Crippen LogP contribution in [0.15, 0.2) is 84.9 Å². The number of anilines is 1. The molecule has 0 aliphatic rings. The summed E-state index contributed by atoms with van der Waals surface area (Å²) in [6.07, 6.45) is -2.10. The molecule has 0 aromatic heterocycles. The summed E-state index contributed by atoms with van der Waals surface area (Å²) in [7, 11) is 0. The zero-order chi connectivity index (χ0) is 20.6. The molecule has 5 nitrogen and oxygen atoms in total. The Morgan fingerprint density at radius 2 is 1.45 bits per heavy atom. The summed E-state index contributed by atoms with van der Waals surface area (Å²) in [5.74, 6) is -1.13. The largest absolute Gasteiger partial charge is 0.479 e. The second-order valence-corrected chi connectivity index (χ2v) is 6.30. The van der Waals surface area contributed by atoms with Gasteiger partial charge in [0.05, 0.1) is 0 Å². The van der Waals surface area contributed by atoms with Crippen LogP contribution < -0.4 is 10.1 Å². The van der Waals surface area contributed by atoms with Gasteiger partial charge in [-0.15, -0.1) is 0 Å². The van der Waals surface area contributed by atoms with Crippen molar-refractivity contribution >= 4 is 17.6 Å². The van der Waals surface area contributed by atoms with Crippen LogP contribution in [0.2, 0.25) is 0 Å². The Kier molecular flexibility index (Phi) is 6.58. The van der Waals surface area contributed by atoms with Gasteiger partial charge in [0.1, 0.15) is 11.6 Å². The summed E-state index contributed by atoms with van der Waals surface area (Å²) in [6.45, 7) is 1.55. The van der Waals surface area contributed by atoms with Gasteiger partial charge >= 0.3 is 5.97 Å². The first-order valence-electron chi connectivity index (χ1n) is 9.06. The smallest absolute Gasteiger partial charge is 0.348 e. The van der Waals surface area contributed by atoms with Crippen LogP contribution in [0.25, 0.3) is 0 Å². The van der Waals surface area contributed by atoms with Crippen molar-refractivity contribution in [2.24, 2.45) is 0 Å². The number of rotatable bonds is 7. The quantitative estimate of drug-likeness (QED) is 0.600. The minimum absolute atomic E-state index is 0.391. The molecule has 0 saturated heterocycles. The van der Waals surface area contributed by atoms with E-state index >= 15 is 0 Å². The summed E-state index contributed by atoms with van der Waals surface area (Å²) in [4.78, 5) is 25.3. The van der Waals surface area contributed by atoms with Gasteiger partial charge in [0.15, 0.2) is 6.10 Å². The highest BCUT2D eigenvalue weighted by Gasteiger charge is 2.28. The van der Waals surface area contributed by atoms with Crippen molar-refractivity contribution < 1.29 is 23.5 Å². The minimum Gasteiger partial charge on any atom is -0.479 e. The van der Waals surface area contributed by atoms with Crippen LogP contribution in [0.4, 0.5) is 10.1 Å². The number of benzene rings is 3. The van der Waals surface area contributed by atoms with Gasteiger partial charge in [-0.05, 0) is 43.3 Å². The maximum Gasteiger partial charge on any atom is 0.348 e. The molecule has 0 fully saturated rings. The van der Waals surface area contributed by atoms with Gasteiger partial charge in [-0.25, -0.2) is 9.18 Å². The van der Waals surface area contributed by atoms with Gasteiger partial charge in [0.25, 0.3) is 5.91 Å². The highest BCUT2D eigenvalue weighted by Crippen LogP contribution is 2.22. The number of amides is 1. The standard InChI is InChI=1S/C23H20FNO4/c1-16(28-20-10-6-3-7-11-20)23(27)29-21(17-8-4-2-5-9-17)22(26)25-19-14-12-18(24)13-15-19/h2-16,21H,1H3,(H,25,26)/t16-,21+/m1/s1. The summed E-state index contributed by atoms with van der Waals surface area (Å²) < 4.78 is 24.1. The molecule has 0 unspecified atom stereocenters. The third-order valence-corrected chi connectivity index (χ3v) is 4.07. The average molecular weight is 393 g/mol. The van der Waals surface area contributed by atoms with Gasteiger partial charge in [0.2, 0.25) is 6.10 Å². The molecule has 2 atom stereocenters. The molecule has 0 aliphatic heterocycles. The van der Waals surface area contributed by atoms with Crippen LogP contribution in [0.1, 0.15) is 18.6 Å². The number of hydrogen-bond acceptors (Lipinski definition) is 4. The fraction of sp³-hybridized carbons (Fsp3) is 0.130. The molecule has 148 valence electrons. The van der Waals surface area contributed by atoms with Gasteiger partial charge in [-0.1, -0.05) is 48.5 Å². The third kappa shape index (κ3) is 5.65. The van der Waals surface area contributed by atoms with Crippen LogP contribution in [0.3, 0.4) is 0 Å². The monoisotopic (exact) mass is 393 g/mol. The van der Waals surface area contributed by atoms with E-state index in [0.717, 1.165) is 0 Å². The van der Waals surface area contributed by atoms with Crippen LogP contribution in [-0.2, 0) is 14.3 Å². The van der Waals surface area contributed by atoms with Crippen molar-refractivity contribution in [3.63, 3.8) is 0 Å². The Hall–Kier alpha value is -3.67. The number of carbonyl (C=O) groups is 2. The molecule has 0 aliphatic carbocycles. The van der Waals surface area contributed by atoms with Crippen LogP contribution in [0, 0.1) is 5.82 Å². The molecule has 1 amide bonds. The first-order valence-corrected chi connectivity index (χ1v) is 9.06. The van der Waals surface area contributed by atoms with Crippen molar-refractivity contribution in [3.05, 3.63) is 96.3 Å². The van der Waals surface area contributed by atoms with E-state index in [9.17, 15) is 14.0 Å². The zero-order valence-electron chi connectivity index (χ0n) is 15.7. The molecule has 1 N–H and O–H groups in total. The van der Waals surface area contributed by atoms with Gasteiger partial charge in [-0.2, -0.15) is 0 Å². The number of hydrogen-bond donors (Lipinski definition) is 1. The lowest BCUT2D eigenvalue weighted by atomic mass is 10.1. The van der Waals surface area contributed by atoms with Crippen molar-refractivity contribution in [1.29, 1.82) is 0 Å². The Balaban J connectivity index is 1.74. The predicted octanol–water partition coefficient (Wildman–Crippen LogP) is 4.52. The molecule has 3 rings (SSSR count). The molecule has 6 heteroatoms. The van der Waals surface area contributed by atoms with Crippen LogP contribution >= 0.6 is 0 Å². The van der Waals surface area contributed by atoms with E-state index in [2.05, 4.69) is 5.32 Å². The van der Waals surface area contributed by atoms with E-state index in [1.54, 1.807) is 61.5 Å². The Bertz CT molecular complexity index is 946. The molecule has 3 aromatic rings. The minimum atomic E-state index is -1.18. The maximum absolute atomic E-state index is 13.1. The first-order chi connectivity index (χ1) is 14.0. The number of nitrogens with one attached hydrogen (secondary N) is 1. The number of carbonyl (C=O) groups excluding carboxylic acids is 2. The lowest BCUT2D eigenvalue weighted by Gasteiger charge is -2.21. The lowest BCUT2D eigenvalue weighted by molar-refractivity contribution is -0.161. The second-order valence-electron chi connectivity index (χ2n) is 6.30. The fourth-order valence-electron chi connectivity index (χ4n) is 2.61. The van der Waals surface area contributed by atoms with E-state index < -0.39 is 29.9 Å². The van der Waals surface area contributed by atoms with Crippen molar-refractivity contribution in [2.45, 2.75) is 19.1 Å². The van der Waals surface area contributed by atoms with E-state index in [1.807, 2.05) is 6.07 Å². The topological polar surface area (TPSA) is 64.6 Å². The zero-order valence-corrected chi connectivity index (χ0v) is 15.7. The number of para-hydroxylation sites is 1. The molecule has 0 radical (unpaired) electrons. The molecule has 29 heavy (non-hydrogen) atoms. The highest BCUT2D eigenvalue weighted by atomic mass is 19.1. The van der Waals surface area contributed by atoms with E-state index in [0.29, 0.717) is 17.0 Å². The van der Waals surface area contributed by atoms with Gasteiger partial charge < -0.3 is 14.8 Å². The number of ether oxygens (including phenoxy) is 2. The number of esters is 1. The predicted molar refractivity (Wildman–Crippen MR) is 107 cm³/mol. The summed E-state index contributed by atoms with van der Waals surface area (Å²) in [5, 5.41) is 2.64. The number of halogens is 1. The van der Waals surface area contributed by atoms with E-state index in [4.69, 9.17) is 9.47 Å². The third-order valence-electron chi connectivity index (χ3n) is 4.07. The van der Waals surface area contributed by atoms with Gasteiger partial charge in [-0.3, -0.25) is 4.79 Å². The van der Waals surface area contributed by atoms with E-state index in [-0.39, 0.29) is 0 Å². The fourth-order valence-corrected chi connectivity index (χ4v) is 2.61. The Morgan fingerprint density at radius 1 is 0.862 bits per heavy atom. The summed E-state index contributed by atoms with van der Waals surface area (Å²) in [5.41, 5.74) is 0.898. The summed E-state index contributed by atoms with van der Waals surface area (Å²) >= 11 is 0.